The average Bonchev–Trinajstić information content (AvgIpc) is 3.55. The first kappa shape index (κ1) is 24.3. The zero-order valence-corrected chi connectivity index (χ0v) is 20.7. The summed E-state index contributed by atoms with van der Waals surface area (Å²) >= 11 is 0. The first-order valence-electron chi connectivity index (χ1n) is 12.5. The number of H-pyrrole nitrogens is 1. The molecule has 2 unspecified atom stereocenters. The number of rotatable bonds is 9. The van der Waals surface area contributed by atoms with E-state index in [0.717, 1.165) is 53.7 Å². The molecule has 0 bridgehead atoms. The molecule has 5 rings (SSSR count). The molecule has 2 aromatic heterocycles. The molecule has 1 saturated heterocycles. The number of fused-ring (bicyclic) bond motifs is 1. The monoisotopic (exact) mass is 490 g/mol. The molecule has 2 aromatic carbocycles. The van der Waals surface area contributed by atoms with Crippen molar-refractivity contribution in [3.05, 3.63) is 87.2 Å². The molecule has 1 N–H and O–H groups in total. The van der Waals surface area contributed by atoms with Gasteiger partial charge in [0.2, 0.25) is 0 Å². The van der Waals surface area contributed by atoms with Crippen LogP contribution in [0.15, 0.2) is 53.3 Å². The Morgan fingerprint density at radius 3 is 2.81 bits per heavy atom. The maximum atomic E-state index is 13.6. The molecule has 0 amide bonds. The molecule has 2 atom stereocenters. The number of nitrogens with zero attached hydrogens (tertiary/aromatic N) is 5. The van der Waals surface area contributed by atoms with Crippen molar-refractivity contribution in [1.29, 1.82) is 0 Å². The lowest BCUT2D eigenvalue weighted by Crippen LogP contribution is -2.33. The van der Waals surface area contributed by atoms with E-state index in [-0.39, 0.29) is 23.5 Å². The minimum atomic E-state index is -0.279. The van der Waals surface area contributed by atoms with Crippen LogP contribution < -0.4 is 5.56 Å². The highest BCUT2D eigenvalue weighted by Gasteiger charge is 2.28. The molecule has 1 fully saturated rings. The normalized spacial score (nSPS) is 16.7. The minimum Gasteiger partial charge on any atom is -0.376 e. The van der Waals surface area contributed by atoms with E-state index < -0.39 is 0 Å². The predicted molar refractivity (Wildman–Crippen MR) is 135 cm³/mol. The number of nitrogens with one attached hydrogen (secondary N) is 1. The summed E-state index contributed by atoms with van der Waals surface area (Å²) in [6, 6.07) is 14.3. The van der Waals surface area contributed by atoms with Gasteiger partial charge in [0.1, 0.15) is 5.82 Å². The Bertz CT molecular complexity index is 1380. The summed E-state index contributed by atoms with van der Waals surface area (Å²) < 4.78 is 21.2. The third kappa shape index (κ3) is 5.22. The molecule has 0 spiro atoms. The number of hydrogen-bond donors (Lipinski definition) is 1. The second kappa shape index (κ2) is 10.7. The van der Waals surface area contributed by atoms with Crippen molar-refractivity contribution in [3.8, 4) is 0 Å². The van der Waals surface area contributed by atoms with Gasteiger partial charge >= 0.3 is 0 Å². The number of para-hydroxylation sites is 1. The lowest BCUT2D eigenvalue weighted by atomic mass is 10.1. The summed E-state index contributed by atoms with van der Waals surface area (Å²) in [6.45, 7) is 6.33. The van der Waals surface area contributed by atoms with E-state index in [0.29, 0.717) is 25.2 Å². The zero-order chi connectivity index (χ0) is 25.1. The van der Waals surface area contributed by atoms with Gasteiger partial charge in [0.05, 0.1) is 24.2 Å². The third-order valence-electron chi connectivity index (χ3n) is 6.92. The van der Waals surface area contributed by atoms with Crippen LogP contribution in [-0.2, 0) is 24.4 Å². The fraction of sp³-hybridized carbons (Fsp3) is 0.407. The summed E-state index contributed by atoms with van der Waals surface area (Å²) in [5.74, 6) is 0.461. The summed E-state index contributed by atoms with van der Waals surface area (Å²) in [5.41, 5.74) is 3.37. The SMILES string of the molecule is CCC(c1nnnn1CC1CCCO1)N(Cc1ccc(F)cc1)Cc1cc2cccc(C)c2[nH]c1=O. The number of aromatic amines is 1. The summed E-state index contributed by atoms with van der Waals surface area (Å²) in [4.78, 5) is 18.4. The Balaban J connectivity index is 1.50. The Kier molecular flexibility index (Phi) is 7.20. The zero-order valence-electron chi connectivity index (χ0n) is 20.7. The molecule has 0 saturated carbocycles. The number of tetrazole rings is 1. The fourth-order valence-corrected chi connectivity index (χ4v) is 5.03. The van der Waals surface area contributed by atoms with Gasteiger partial charge in [-0.1, -0.05) is 37.3 Å². The van der Waals surface area contributed by atoms with Gasteiger partial charge in [0.15, 0.2) is 5.82 Å². The van der Waals surface area contributed by atoms with Crippen molar-refractivity contribution in [2.45, 2.75) is 64.9 Å². The number of halogens is 1. The van der Waals surface area contributed by atoms with Crippen molar-refractivity contribution in [3.63, 3.8) is 0 Å². The van der Waals surface area contributed by atoms with Crippen molar-refractivity contribution >= 4 is 10.9 Å². The number of aryl methyl sites for hydroxylation is 1. The maximum absolute atomic E-state index is 13.6. The highest BCUT2D eigenvalue weighted by molar-refractivity contribution is 5.81. The molecule has 8 nitrogen and oxygen atoms in total. The Morgan fingerprint density at radius 1 is 1.22 bits per heavy atom. The quantitative estimate of drug-likeness (QED) is 0.376. The van der Waals surface area contributed by atoms with E-state index in [1.165, 1.54) is 12.1 Å². The molecular weight excluding hydrogens is 459 g/mol. The molecule has 1 aliphatic heterocycles. The highest BCUT2D eigenvalue weighted by Crippen LogP contribution is 2.27. The molecule has 36 heavy (non-hydrogen) atoms. The van der Waals surface area contributed by atoms with Crippen LogP contribution in [0.5, 0.6) is 0 Å². The van der Waals surface area contributed by atoms with Crippen LogP contribution in [0.4, 0.5) is 4.39 Å². The molecule has 1 aliphatic rings. The van der Waals surface area contributed by atoms with Crippen LogP contribution in [-0.4, -0.2) is 42.8 Å². The fourth-order valence-electron chi connectivity index (χ4n) is 5.03. The van der Waals surface area contributed by atoms with Crippen molar-refractivity contribution in [2.24, 2.45) is 0 Å². The van der Waals surface area contributed by atoms with Gasteiger partial charge in [-0.05, 0) is 71.3 Å². The summed E-state index contributed by atoms with van der Waals surface area (Å²) in [5, 5.41) is 13.6. The standard InChI is InChI=1S/C27H31FN6O2/c1-3-24(26-30-31-32-34(26)17-23-8-5-13-36-23)33(15-19-9-11-22(28)12-10-19)16-21-14-20-7-4-6-18(2)25(20)29-27(21)35/h4,6-7,9-12,14,23-24H,3,5,8,13,15-17H2,1-2H3,(H,29,35). The third-order valence-corrected chi connectivity index (χ3v) is 6.92. The molecule has 4 aromatic rings. The number of pyridine rings is 1. The van der Waals surface area contributed by atoms with E-state index in [1.54, 1.807) is 12.1 Å². The van der Waals surface area contributed by atoms with E-state index in [1.807, 2.05) is 35.9 Å². The number of aromatic nitrogens is 5. The Hall–Kier alpha value is -3.43. The van der Waals surface area contributed by atoms with Crippen LogP contribution in [0.1, 0.15) is 54.7 Å². The second-order valence-electron chi connectivity index (χ2n) is 9.47. The van der Waals surface area contributed by atoms with Gasteiger partial charge in [-0.15, -0.1) is 5.10 Å². The lowest BCUT2D eigenvalue weighted by Gasteiger charge is -2.30. The largest absolute Gasteiger partial charge is 0.376 e. The Morgan fingerprint density at radius 2 is 2.06 bits per heavy atom. The smallest absolute Gasteiger partial charge is 0.252 e. The van der Waals surface area contributed by atoms with Gasteiger partial charge < -0.3 is 9.72 Å². The maximum Gasteiger partial charge on any atom is 0.252 e. The van der Waals surface area contributed by atoms with E-state index in [2.05, 4.69) is 32.3 Å². The van der Waals surface area contributed by atoms with Gasteiger partial charge in [0, 0.05) is 25.3 Å². The van der Waals surface area contributed by atoms with Crippen molar-refractivity contribution in [1.82, 2.24) is 30.1 Å². The number of hydrogen-bond acceptors (Lipinski definition) is 6. The van der Waals surface area contributed by atoms with Crippen molar-refractivity contribution in [2.75, 3.05) is 6.61 Å². The van der Waals surface area contributed by atoms with Gasteiger partial charge in [-0.25, -0.2) is 9.07 Å². The molecule has 188 valence electrons. The summed E-state index contributed by atoms with van der Waals surface area (Å²) in [6.07, 6.45) is 2.86. The van der Waals surface area contributed by atoms with Gasteiger partial charge in [-0.2, -0.15) is 0 Å². The molecule has 0 radical (unpaired) electrons. The van der Waals surface area contributed by atoms with Crippen LogP contribution in [0.25, 0.3) is 10.9 Å². The Labute approximate surface area is 209 Å². The highest BCUT2D eigenvalue weighted by atomic mass is 19.1. The predicted octanol–water partition coefficient (Wildman–Crippen LogP) is 4.29. The first-order valence-corrected chi connectivity index (χ1v) is 12.5. The molecular formula is C27H31FN6O2. The van der Waals surface area contributed by atoms with E-state index in [4.69, 9.17) is 4.74 Å². The van der Waals surface area contributed by atoms with E-state index in [9.17, 15) is 9.18 Å². The average molecular weight is 491 g/mol. The van der Waals surface area contributed by atoms with Crippen molar-refractivity contribution < 1.29 is 9.13 Å². The second-order valence-corrected chi connectivity index (χ2v) is 9.47. The van der Waals surface area contributed by atoms with E-state index >= 15 is 0 Å². The summed E-state index contributed by atoms with van der Waals surface area (Å²) in [7, 11) is 0. The molecule has 3 heterocycles. The van der Waals surface area contributed by atoms with Crippen LogP contribution in [0.3, 0.4) is 0 Å². The molecule has 9 heteroatoms. The van der Waals surface area contributed by atoms with Crippen LogP contribution >= 0.6 is 0 Å². The molecule has 0 aliphatic carbocycles. The van der Waals surface area contributed by atoms with Gasteiger partial charge in [0.25, 0.3) is 5.56 Å². The van der Waals surface area contributed by atoms with Crippen LogP contribution in [0.2, 0.25) is 0 Å². The number of benzene rings is 2. The lowest BCUT2D eigenvalue weighted by molar-refractivity contribution is 0.0888. The van der Waals surface area contributed by atoms with Crippen LogP contribution in [0, 0.1) is 12.7 Å². The minimum absolute atomic E-state index is 0.0990. The first-order chi connectivity index (χ1) is 17.5. The topological polar surface area (TPSA) is 88.9 Å². The number of ether oxygens (including phenoxy) is 1. The van der Waals surface area contributed by atoms with Gasteiger partial charge in [-0.3, -0.25) is 9.69 Å².